The maximum absolute atomic E-state index is 5.00. The number of rotatable bonds is 0. The van der Waals surface area contributed by atoms with Gasteiger partial charge in [-0.05, 0) is 21.1 Å². The molecule has 0 saturated carbocycles. The van der Waals surface area contributed by atoms with Crippen LogP contribution in [0.2, 0.25) is 0 Å². The number of nitrogens with two attached hydrogens (primary N) is 3. The van der Waals surface area contributed by atoms with Crippen molar-refractivity contribution in [2.45, 2.75) is 6.92 Å². The lowest BCUT2D eigenvalue weighted by Crippen LogP contribution is -1.69. The van der Waals surface area contributed by atoms with Crippen LogP contribution in [0.3, 0.4) is 0 Å². The fraction of sp³-hybridized carbons (Fsp3) is 1.00. The van der Waals surface area contributed by atoms with E-state index in [1.54, 1.807) is 0 Å². The van der Waals surface area contributed by atoms with E-state index in [1.807, 2.05) is 6.92 Å². The van der Waals surface area contributed by atoms with Gasteiger partial charge in [-0.25, -0.2) is 0 Å². The molecule has 3 nitrogen and oxygen atoms in total. The first-order chi connectivity index (χ1) is 4.41. The van der Waals surface area contributed by atoms with Crippen LogP contribution in [0.1, 0.15) is 6.92 Å². The average molecular weight is 158 g/mol. The topological polar surface area (TPSA) is 78.1 Å². The number of hydrogen-bond donors (Lipinski definition) is 3. The molecule has 0 aromatic carbocycles. The Hall–Kier alpha value is 0.170. The first-order valence-corrected chi connectivity index (χ1v) is 3.24. The molecule has 0 fully saturated rings. The molecule has 0 spiro atoms. The van der Waals surface area contributed by atoms with E-state index in [9.17, 15) is 0 Å². The van der Waals surface area contributed by atoms with Crippen LogP contribution >= 0.6 is 11.6 Å². The van der Waals surface area contributed by atoms with Gasteiger partial charge < -0.3 is 17.2 Å². The van der Waals surface area contributed by atoms with Crippen LogP contribution in [0.4, 0.5) is 0 Å². The van der Waals surface area contributed by atoms with Crippen molar-refractivity contribution < 1.29 is 0 Å². The summed E-state index contributed by atoms with van der Waals surface area (Å²) in [5.74, 6) is 0.722. The summed E-state index contributed by atoms with van der Waals surface area (Å²) in [5, 5.41) is 0. The van der Waals surface area contributed by atoms with Gasteiger partial charge in [0.1, 0.15) is 0 Å². The minimum Gasteiger partial charge on any atom is -0.333 e. The molecule has 0 aromatic heterocycles. The molecule has 0 bridgehead atoms. The molecular weight excluding hydrogens is 138 g/mol. The van der Waals surface area contributed by atoms with Crippen molar-refractivity contribution >= 4 is 11.6 Å². The Bertz CT molecular complexity index is 12.2. The van der Waals surface area contributed by atoms with Crippen molar-refractivity contribution in [3.63, 3.8) is 0 Å². The molecule has 0 amide bonds. The fourth-order valence-corrected chi connectivity index (χ4v) is 0. The highest BCUT2D eigenvalue weighted by Crippen LogP contribution is 1.59. The molecule has 62 valence electrons. The van der Waals surface area contributed by atoms with E-state index in [-0.39, 0.29) is 0 Å². The second-order valence-electron chi connectivity index (χ2n) is 0.267. The van der Waals surface area contributed by atoms with Crippen molar-refractivity contribution in [3.05, 3.63) is 0 Å². The number of alkyl halides is 1. The number of hydrogen-bond acceptors (Lipinski definition) is 3. The summed E-state index contributed by atoms with van der Waals surface area (Å²) in [6.45, 7) is 1.89. The Morgan fingerprint density at radius 2 is 0.889 bits per heavy atom. The lowest BCUT2D eigenvalue weighted by molar-refractivity contribution is 1.48. The lowest BCUT2D eigenvalue weighted by atomic mass is 11.0. The van der Waals surface area contributed by atoms with Gasteiger partial charge in [0.15, 0.2) is 0 Å². The molecule has 0 saturated heterocycles. The quantitative estimate of drug-likeness (QED) is 0.432. The summed E-state index contributed by atoms with van der Waals surface area (Å²) in [5.41, 5.74) is 13.5. The van der Waals surface area contributed by atoms with Gasteiger partial charge in [-0.3, -0.25) is 0 Å². The first-order valence-electron chi connectivity index (χ1n) is 2.71. The van der Waals surface area contributed by atoms with Gasteiger partial charge in [-0.2, -0.15) is 0 Å². The third-order valence-corrected chi connectivity index (χ3v) is 0. The van der Waals surface area contributed by atoms with E-state index in [0.717, 1.165) is 5.88 Å². The first kappa shape index (κ1) is 22.9. The van der Waals surface area contributed by atoms with Gasteiger partial charge in [0.25, 0.3) is 0 Å². The third-order valence-electron chi connectivity index (χ3n) is 0. The molecule has 0 atom stereocenters. The van der Waals surface area contributed by atoms with E-state index in [4.69, 9.17) is 11.6 Å². The summed E-state index contributed by atoms with van der Waals surface area (Å²) < 4.78 is 0. The lowest BCUT2D eigenvalue weighted by Gasteiger charge is -1.45. The predicted octanol–water partition coefficient (Wildman–Crippen LogP) is -0.0302. The van der Waals surface area contributed by atoms with Crippen LogP contribution in [0.25, 0.3) is 0 Å². The maximum atomic E-state index is 5.00. The monoisotopic (exact) mass is 157 g/mol. The van der Waals surface area contributed by atoms with Gasteiger partial charge in [0, 0.05) is 5.88 Å². The van der Waals surface area contributed by atoms with Crippen LogP contribution in [0, 0.1) is 0 Å². The van der Waals surface area contributed by atoms with Crippen molar-refractivity contribution in [1.29, 1.82) is 0 Å². The van der Waals surface area contributed by atoms with Crippen LogP contribution in [0.5, 0.6) is 0 Å². The van der Waals surface area contributed by atoms with Gasteiger partial charge in [0.05, 0.1) is 0 Å². The second-order valence-corrected chi connectivity index (χ2v) is 0.802. The van der Waals surface area contributed by atoms with Crippen LogP contribution in [-0.4, -0.2) is 27.0 Å². The number of halogens is 1. The summed E-state index contributed by atoms with van der Waals surface area (Å²) in [6, 6.07) is 0. The highest BCUT2D eigenvalue weighted by atomic mass is 35.5. The summed E-state index contributed by atoms with van der Waals surface area (Å²) in [4.78, 5) is 0. The van der Waals surface area contributed by atoms with Crippen molar-refractivity contribution in [1.82, 2.24) is 0 Å². The fourth-order valence-electron chi connectivity index (χ4n) is 0. The third kappa shape index (κ3) is 10800. The molecule has 9 heavy (non-hydrogen) atoms. The SMILES string of the molecule is CCCl.CN.CN.CN. The van der Waals surface area contributed by atoms with E-state index >= 15 is 0 Å². The zero-order chi connectivity index (χ0) is 8.71. The zero-order valence-electron chi connectivity index (χ0n) is 6.82. The Labute approximate surface area is 63.5 Å². The molecular formula is C5H20ClN3. The predicted molar refractivity (Wildman–Crippen MR) is 46.7 cm³/mol. The molecule has 0 radical (unpaired) electrons. The van der Waals surface area contributed by atoms with Crippen molar-refractivity contribution in [2.24, 2.45) is 17.2 Å². The molecule has 0 aromatic rings. The van der Waals surface area contributed by atoms with E-state index < -0.39 is 0 Å². The standard InChI is InChI=1S/C2H5Cl.3CH5N/c1-2-3;3*1-2/h2H2,1H3;3*2H2,1H3. The van der Waals surface area contributed by atoms with Crippen molar-refractivity contribution in [3.8, 4) is 0 Å². The minimum atomic E-state index is 0.722. The van der Waals surface area contributed by atoms with Gasteiger partial charge in [-0.1, -0.05) is 6.92 Å². The van der Waals surface area contributed by atoms with Crippen LogP contribution in [0.15, 0.2) is 0 Å². The molecule has 6 N–H and O–H groups in total. The largest absolute Gasteiger partial charge is 0.333 e. The maximum Gasteiger partial charge on any atom is 0.0195 e. The van der Waals surface area contributed by atoms with Gasteiger partial charge in [0.2, 0.25) is 0 Å². The highest BCUT2D eigenvalue weighted by Gasteiger charge is 1.38. The Kier molecular flexibility index (Phi) is 781. The van der Waals surface area contributed by atoms with Crippen molar-refractivity contribution in [2.75, 3.05) is 27.0 Å². The van der Waals surface area contributed by atoms with E-state index in [2.05, 4.69) is 17.2 Å². The molecule has 0 aliphatic heterocycles. The Morgan fingerprint density at radius 3 is 0.889 bits per heavy atom. The molecule has 0 aliphatic rings. The summed E-state index contributed by atoms with van der Waals surface area (Å²) in [7, 11) is 4.50. The molecule has 0 aliphatic carbocycles. The molecule has 0 rings (SSSR count). The Morgan fingerprint density at radius 1 is 0.889 bits per heavy atom. The van der Waals surface area contributed by atoms with Gasteiger partial charge >= 0.3 is 0 Å². The van der Waals surface area contributed by atoms with E-state index in [0.29, 0.717) is 0 Å². The molecule has 0 unspecified atom stereocenters. The van der Waals surface area contributed by atoms with Gasteiger partial charge in [-0.15, -0.1) is 11.6 Å². The minimum absolute atomic E-state index is 0.722. The molecule has 0 heterocycles. The van der Waals surface area contributed by atoms with Crippen LogP contribution in [-0.2, 0) is 0 Å². The second kappa shape index (κ2) is 307. The summed E-state index contributed by atoms with van der Waals surface area (Å²) >= 11 is 5.00. The summed E-state index contributed by atoms with van der Waals surface area (Å²) in [6.07, 6.45) is 0. The smallest absolute Gasteiger partial charge is 0.0195 e. The highest BCUT2D eigenvalue weighted by molar-refractivity contribution is 6.17. The molecule has 4 heteroatoms. The normalized spacial score (nSPS) is 4.00. The Balaban J connectivity index is -0.0000000190. The van der Waals surface area contributed by atoms with E-state index in [1.165, 1.54) is 21.1 Å². The van der Waals surface area contributed by atoms with Crippen LogP contribution < -0.4 is 17.2 Å². The zero-order valence-corrected chi connectivity index (χ0v) is 7.57. The average Bonchev–Trinajstić information content (AvgIpc) is 2.01.